The monoisotopic (exact) mass is 306 g/mol. The van der Waals surface area contributed by atoms with Gasteiger partial charge in [0, 0.05) is 19.1 Å². The van der Waals surface area contributed by atoms with Crippen LogP contribution in [0, 0.1) is 5.92 Å². The van der Waals surface area contributed by atoms with Crippen LogP contribution in [0.5, 0.6) is 0 Å². The molecule has 0 bridgehead atoms. The molecule has 3 rings (SSSR count). The van der Waals surface area contributed by atoms with Crippen molar-refractivity contribution in [3.05, 3.63) is 28.0 Å². The smallest absolute Gasteiger partial charge is 0.347 e. The molecule has 1 aliphatic rings. The summed E-state index contributed by atoms with van der Waals surface area (Å²) in [7, 11) is 0. The van der Waals surface area contributed by atoms with Crippen LogP contribution >= 0.6 is 11.3 Å². The fourth-order valence-electron chi connectivity index (χ4n) is 2.09. The maximum Gasteiger partial charge on any atom is 0.347 e. The van der Waals surface area contributed by atoms with Crippen LogP contribution < -0.4 is 0 Å². The second-order valence-corrected chi connectivity index (χ2v) is 5.86. The summed E-state index contributed by atoms with van der Waals surface area (Å²) in [6, 6.07) is 0. The van der Waals surface area contributed by atoms with Crippen molar-refractivity contribution in [1.82, 2.24) is 20.0 Å². The van der Waals surface area contributed by atoms with E-state index in [0.29, 0.717) is 10.9 Å². The Bertz CT molecular complexity index is 658. The maximum atomic E-state index is 10.8. The topological polar surface area (TPSA) is 90.1 Å². The van der Waals surface area contributed by atoms with Crippen molar-refractivity contribution in [3.63, 3.8) is 0 Å². The van der Waals surface area contributed by atoms with Crippen molar-refractivity contribution in [2.75, 3.05) is 13.2 Å². The minimum atomic E-state index is -0.961. The van der Waals surface area contributed by atoms with Gasteiger partial charge in [0.2, 0.25) is 0 Å². The molecule has 3 heterocycles. The zero-order chi connectivity index (χ0) is 14.7. The molecule has 0 aromatic carbocycles. The molecule has 0 amide bonds. The summed E-state index contributed by atoms with van der Waals surface area (Å²) in [6.45, 7) is 2.41. The third-order valence-electron chi connectivity index (χ3n) is 3.16. The molecule has 7 nitrogen and oxygen atoms in total. The highest BCUT2D eigenvalue weighted by molar-refractivity contribution is 7.14. The van der Waals surface area contributed by atoms with Gasteiger partial charge in [-0.25, -0.2) is 9.78 Å². The molecular formula is C13H14N4O3S. The fraction of sp³-hybridized carbons (Fsp3) is 0.385. The quantitative estimate of drug-likeness (QED) is 0.903. The van der Waals surface area contributed by atoms with E-state index in [1.807, 2.05) is 10.9 Å². The first kappa shape index (κ1) is 13.9. The SMILES string of the molecule is O=C(O)c1cnc(C=Cc2cn(CC3CCOC3)nn2)s1. The van der Waals surface area contributed by atoms with Gasteiger partial charge in [0.05, 0.1) is 19.0 Å². The van der Waals surface area contributed by atoms with E-state index >= 15 is 0 Å². The standard InChI is InChI=1S/C13H14N4O3S/c18-13(19)11-5-14-12(21-11)2-1-10-7-17(16-15-10)6-9-3-4-20-8-9/h1-2,5,7,9H,3-4,6,8H2,(H,18,19). The van der Waals surface area contributed by atoms with Gasteiger partial charge in [-0.15, -0.1) is 16.4 Å². The Balaban J connectivity index is 1.62. The highest BCUT2D eigenvalue weighted by atomic mass is 32.1. The molecule has 1 N–H and O–H groups in total. The molecule has 2 aromatic rings. The summed E-state index contributed by atoms with van der Waals surface area (Å²) in [5, 5.41) is 17.6. The average Bonchev–Trinajstić information content (AvgIpc) is 3.18. The van der Waals surface area contributed by atoms with Crippen LogP contribution in [0.3, 0.4) is 0 Å². The van der Waals surface area contributed by atoms with Gasteiger partial charge < -0.3 is 9.84 Å². The van der Waals surface area contributed by atoms with Crippen molar-refractivity contribution in [3.8, 4) is 0 Å². The van der Waals surface area contributed by atoms with Crippen molar-refractivity contribution in [1.29, 1.82) is 0 Å². The zero-order valence-electron chi connectivity index (χ0n) is 11.2. The van der Waals surface area contributed by atoms with Gasteiger partial charge in [0.1, 0.15) is 15.6 Å². The number of rotatable bonds is 5. The average molecular weight is 306 g/mol. The molecule has 0 aliphatic carbocycles. The molecule has 1 fully saturated rings. The van der Waals surface area contributed by atoms with Crippen LogP contribution in [0.15, 0.2) is 12.4 Å². The molecule has 2 aromatic heterocycles. The van der Waals surface area contributed by atoms with E-state index in [9.17, 15) is 4.79 Å². The van der Waals surface area contributed by atoms with Gasteiger partial charge in [-0.1, -0.05) is 5.21 Å². The van der Waals surface area contributed by atoms with Crippen molar-refractivity contribution in [2.24, 2.45) is 5.92 Å². The van der Waals surface area contributed by atoms with Gasteiger partial charge >= 0.3 is 5.97 Å². The zero-order valence-corrected chi connectivity index (χ0v) is 12.0. The number of carbonyl (C=O) groups is 1. The van der Waals surface area contributed by atoms with Gasteiger partial charge in [-0.3, -0.25) is 4.68 Å². The molecular weight excluding hydrogens is 292 g/mol. The molecule has 1 aliphatic heterocycles. The third kappa shape index (κ3) is 3.53. The molecule has 0 spiro atoms. The second kappa shape index (κ2) is 6.15. The number of hydrogen-bond acceptors (Lipinski definition) is 6. The molecule has 21 heavy (non-hydrogen) atoms. The largest absolute Gasteiger partial charge is 0.477 e. The Morgan fingerprint density at radius 2 is 2.48 bits per heavy atom. The number of aromatic nitrogens is 4. The predicted molar refractivity (Wildman–Crippen MR) is 76.9 cm³/mol. The molecule has 1 atom stereocenters. The predicted octanol–water partition coefficient (Wildman–Crippen LogP) is 1.64. The van der Waals surface area contributed by atoms with Gasteiger partial charge in [-0.05, 0) is 18.6 Å². The van der Waals surface area contributed by atoms with Crippen LogP contribution in [-0.2, 0) is 11.3 Å². The number of aromatic carboxylic acids is 1. The van der Waals surface area contributed by atoms with Crippen LogP contribution in [0.2, 0.25) is 0 Å². The number of ether oxygens (including phenoxy) is 1. The molecule has 0 saturated carbocycles. The van der Waals surface area contributed by atoms with Crippen LogP contribution in [-0.4, -0.2) is 44.3 Å². The number of carboxylic acid groups (broad SMARTS) is 1. The van der Waals surface area contributed by atoms with Gasteiger partial charge in [-0.2, -0.15) is 0 Å². The lowest BCUT2D eigenvalue weighted by atomic mass is 10.1. The normalized spacial score (nSPS) is 18.6. The Kier molecular flexibility index (Phi) is 4.07. The van der Waals surface area contributed by atoms with Crippen LogP contribution in [0.25, 0.3) is 12.2 Å². The molecule has 8 heteroatoms. The first-order chi connectivity index (χ1) is 10.2. The lowest BCUT2D eigenvalue weighted by Gasteiger charge is -2.05. The first-order valence-electron chi connectivity index (χ1n) is 6.56. The minimum absolute atomic E-state index is 0.222. The Hall–Kier alpha value is -2.06. The van der Waals surface area contributed by atoms with E-state index in [2.05, 4.69) is 15.3 Å². The highest BCUT2D eigenvalue weighted by Gasteiger charge is 2.16. The van der Waals surface area contributed by atoms with E-state index < -0.39 is 5.97 Å². The Morgan fingerprint density at radius 1 is 1.57 bits per heavy atom. The van der Waals surface area contributed by atoms with E-state index in [4.69, 9.17) is 9.84 Å². The molecule has 110 valence electrons. The Morgan fingerprint density at radius 3 is 3.19 bits per heavy atom. The summed E-state index contributed by atoms with van der Waals surface area (Å²) in [6.07, 6.45) is 7.79. The summed E-state index contributed by atoms with van der Waals surface area (Å²) in [4.78, 5) is 15.0. The summed E-state index contributed by atoms with van der Waals surface area (Å²) >= 11 is 1.12. The molecule has 1 saturated heterocycles. The van der Waals surface area contributed by atoms with Crippen LogP contribution in [0.1, 0.15) is 26.8 Å². The lowest BCUT2D eigenvalue weighted by molar-refractivity contribution is 0.0702. The lowest BCUT2D eigenvalue weighted by Crippen LogP contribution is -2.10. The number of carboxylic acids is 1. The summed E-state index contributed by atoms with van der Waals surface area (Å²) in [5.41, 5.74) is 0.723. The highest BCUT2D eigenvalue weighted by Crippen LogP contribution is 2.16. The van der Waals surface area contributed by atoms with Gasteiger partial charge in [0.25, 0.3) is 0 Å². The Labute approximate surface area is 124 Å². The number of thiazole rings is 1. The van der Waals surface area contributed by atoms with E-state index in [1.54, 1.807) is 12.2 Å². The third-order valence-corrected chi connectivity index (χ3v) is 4.11. The van der Waals surface area contributed by atoms with Crippen molar-refractivity contribution in [2.45, 2.75) is 13.0 Å². The molecule has 0 radical (unpaired) electrons. The minimum Gasteiger partial charge on any atom is -0.477 e. The molecule has 1 unspecified atom stereocenters. The van der Waals surface area contributed by atoms with Crippen molar-refractivity contribution < 1.29 is 14.6 Å². The summed E-state index contributed by atoms with van der Waals surface area (Å²) < 4.78 is 7.14. The van der Waals surface area contributed by atoms with E-state index in [1.165, 1.54) is 6.20 Å². The van der Waals surface area contributed by atoms with E-state index in [0.717, 1.165) is 43.2 Å². The van der Waals surface area contributed by atoms with Crippen LogP contribution in [0.4, 0.5) is 0 Å². The van der Waals surface area contributed by atoms with Gasteiger partial charge in [0.15, 0.2) is 0 Å². The number of nitrogens with zero attached hydrogens (tertiary/aromatic N) is 4. The first-order valence-corrected chi connectivity index (χ1v) is 7.37. The van der Waals surface area contributed by atoms with Crippen molar-refractivity contribution >= 4 is 29.5 Å². The number of hydrogen-bond donors (Lipinski definition) is 1. The fourth-order valence-corrected chi connectivity index (χ4v) is 2.75. The maximum absolute atomic E-state index is 10.8. The van der Waals surface area contributed by atoms with E-state index in [-0.39, 0.29) is 4.88 Å². The summed E-state index contributed by atoms with van der Waals surface area (Å²) in [5.74, 6) is -0.461. The second-order valence-electron chi connectivity index (χ2n) is 4.80.